The van der Waals surface area contributed by atoms with Crippen LogP contribution in [0.4, 0.5) is 5.95 Å². The van der Waals surface area contributed by atoms with Crippen LogP contribution in [-0.4, -0.2) is 36.1 Å². The number of hydrogen-bond donors (Lipinski definition) is 2. The van der Waals surface area contributed by atoms with Gasteiger partial charge in [-0.05, 0) is 19.4 Å². The summed E-state index contributed by atoms with van der Waals surface area (Å²) in [6.45, 7) is 2.20. The highest BCUT2D eigenvalue weighted by Crippen LogP contribution is 2.09. The van der Waals surface area contributed by atoms with Gasteiger partial charge < -0.3 is 15.2 Å². The number of H-pyrrole nitrogens is 1. The SMILES string of the molecule is CN(CC1CCCN1)c1ncc[nH]1. The first-order valence-electron chi connectivity index (χ1n) is 4.80. The van der Waals surface area contributed by atoms with E-state index in [0.717, 1.165) is 19.0 Å². The molecule has 2 rings (SSSR count). The van der Waals surface area contributed by atoms with Crippen LogP contribution in [0.2, 0.25) is 0 Å². The number of nitrogens with one attached hydrogen (secondary N) is 2. The van der Waals surface area contributed by atoms with Gasteiger partial charge >= 0.3 is 0 Å². The predicted molar refractivity (Wildman–Crippen MR) is 52.9 cm³/mol. The molecule has 13 heavy (non-hydrogen) atoms. The van der Waals surface area contributed by atoms with Gasteiger partial charge in [-0.15, -0.1) is 0 Å². The number of likely N-dealkylation sites (N-methyl/N-ethyl adjacent to an activating group) is 1. The average Bonchev–Trinajstić information content (AvgIpc) is 2.74. The summed E-state index contributed by atoms with van der Waals surface area (Å²) < 4.78 is 0. The van der Waals surface area contributed by atoms with Gasteiger partial charge in [-0.3, -0.25) is 0 Å². The molecule has 0 spiro atoms. The van der Waals surface area contributed by atoms with Crippen LogP contribution in [0.15, 0.2) is 12.4 Å². The molecule has 0 aromatic carbocycles. The Bertz CT molecular complexity index is 238. The van der Waals surface area contributed by atoms with E-state index in [0.29, 0.717) is 6.04 Å². The molecular weight excluding hydrogens is 164 g/mol. The van der Waals surface area contributed by atoms with Crippen LogP contribution in [-0.2, 0) is 0 Å². The Morgan fingerprint density at radius 1 is 1.69 bits per heavy atom. The molecular formula is C9H16N4. The van der Waals surface area contributed by atoms with Crippen molar-refractivity contribution in [1.29, 1.82) is 0 Å². The summed E-state index contributed by atoms with van der Waals surface area (Å²) in [6, 6.07) is 0.634. The van der Waals surface area contributed by atoms with E-state index < -0.39 is 0 Å². The highest BCUT2D eigenvalue weighted by Gasteiger charge is 2.16. The second-order valence-corrected chi connectivity index (χ2v) is 3.59. The Morgan fingerprint density at radius 3 is 3.23 bits per heavy atom. The highest BCUT2D eigenvalue weighted by molar-refractivity contribution is 5.27. The van der Waals surface area contributed by atoms with Gasteiger partial charge in [0.15, 0.2) is 0 Å². The van der Waals surface area contributed by atoms with Crippen molar-refractivity contribution in [2.24, 2.45) is 0 Å². The summed E-state index contributed by atoms with van der Waals surface area (Å²) >= 11 is 0. The molecule has 0 amide bonds. The Hall–Kier alpha value is -1.03. The molecule has 1 aliphatic heterocycles. The molecule has 0 aliphatic carbocycles. The molecule has 2 N–H and O–H groups in total. The van der Waals surface area contributed by atoms with Gasteiger partial charge in [0.1, 0.15) is 0 Å². The minimum Gasteiger partial charge on any atom is -0.344 e. The average molecular weight is 180 g/mol. The molecule has 4 heteroatoms. The molecule has 1 atom stereocenters. The van der Waals surface area contributed by atoms with Crippen LogP contribution in [0.1, 0.15) is 12.8 Å². The molecule has 1 aromatic heterocycles. The molecule has 0 radical (unpaired) electrons. The van der Waals surface area contributed by atoms with E-state index in [1.165, 1.54) is 12.8 Å². The van der Waals surface area contributed by atoms with Crippen LogP contribution in [0.5, 0.6) is 0 Å². The lowest BCUT2D eigenvalue weighted by Crippen LogP contribution is -2.35. The predicted octanol–water partition coefficient (Wildman–Crippen LogP) is 0.598. The summed E-state index contributed by atoms with van der Waals surface area (Å²) in [5.41, 5.74) is 0. The minimum absolute atomic E-state index is 0.634. The molecule has 1 fully saturated rings. The monoisotopic (exact) mass is 180 g/mol. The molecule has 4 nitrogen and oxygen atoms in total. The quantitative estimate of drug-likeness (QED) is 0.716. The third-order valence-electron chi connectivity index (χ3n) is 2.50. The van der Waals surface area contributed by atoms with Crippen LogP contribution >= 0.6 is 0 Å². The van der Waals surface area contributed by atoms with Gasteiger partial charge in [0.05, 0.1) is 0 Å². The van der Waals surface area contributed by atoms with Crippen LogP contribution in [0.3, 0.4) is 0 Å². The van der Waals surface area contributed by atoms with Gasteiger partial charge in [0.2, 0.25) is 5.95 Å². The van der Waals surface area contributed by atoms with Crippen LogP contribution in [0, 0.1) is 0 Å². The molecule has 1 saturated heterocycles. The van der Waals surface area contributed by atoms with Gasteiger partial charge in [-0.1, -0.05) is 0 Å². The first-order valence-corrected chi connectivity index (χ1v) is 4.80. The second kappa shape index (κ2) is 3.79. The zero-order valence-corrected chi connectivity index (χ0v) is 7.95. The van der Waals surface area contributed by atoms with E-state index in [-0.39, 0.29) is 0 Å². The van der Waals surface area contributed by atoms with E-state index in [2.05, 4.69) is 27.2 Å². The lowest BCUT2D eigenvalue weighted by Gasteiger charge is -2.20. The second-order valence-electron chi connectivity index (χ2n) is 3.59. The minimum atomic E-state index is 0.634. The van der Waals surface area contributed by atoms with Gasteiger partial charge in [-0.2, -0.15) is 0 Å². The molecule has 72 valence electrons. The van der Waals surface area contributed by atoms with E-state index in [9.17, 15) is 0 Å². The fourth-order valence-corrected chi connectivity index (χ4v) is 1.80. The van der Waals surface area contributed by atoms with Crippen molar-refractivity contribution >= 4 is 5.95 Å². The lowest BCUT2D eigenvalue weighted by molar-refractivity contribution is 0.595. The standard InChI is InChI=1S/C9H16N4/c1-13(9-11-5-6-12-9)7-8-3-2-4-10-8/h5-6,8,10H,2-4,7H2,1H3,(H,11,12). The van der Waals surface area contributed by atoms with Crippen LogP contribution in [0.25, 0.3) is 0 Å². The first kappa shape index (κ1) is 8.56. The van der Waals surface area contributed by atoms with E-state index in [1.807, 2.05) is 6.20 Å². The fraction of sp³-hybridized carbons (Fsp3) is 0.667. The van der Waals surface area contributed by atoms with Crippen molar-refractivity contribution < 1.29 is 0 Å². The fourth-order valence-electron chi connectivity index (χ4n) is 1.80. The van der Waals surface area contributed by atoms with Gasteiger partial charge in [-0.25, -0.2) is 4.98 Å². The van der Waals surface area contributed by atoms with Crippen molar-refractivity contribution in [1.82, 2.24) is 15.3 Å². The summed E-state index contributed by atoms with van der Waals surface area (Å²) in [7, 11) is 2.07. The molecule has 0 bridgehead atoms. The maximum absolute atomic E-state index is 4.20. The smallest absolute Gasteiger partial charge is 0.202 e. The van der Waals surface area contributed by atoms with Crippen molar-refractivity contribution in [3.05, 3.63) is 12.4 Å². The third-order valence-corrected chi connectivity index (χ3v) is 2.50. The maximum atomic E-state index is 4.20. The maximum Gasteiger partial charge on any atom is 0.202 e. The molecule has 2 heterocycles. The number of aromatic nitrogens is 2. The Labute approximate surface area is 78.4 Å². The summed E-state index contributed by atoms with van der Waals surface area (Å²) in [5, 5.41) is 3.47. The van der Waals surface area contributed by atoms with Crippen molar-refractivity contribution in [2.75, 3.05) is 25.0 Å². The van der Waals surface area contributed by atoms with E-state index >= 15 is 0 Å². The molecule has 1 aliphatic rings. The molecule has 1 aromatic rings. The highest BCUT2D eigenvalue weighted by atomic mass is 15.2. The number of aromatic amines is 1. The zero-order valence-electron chi connectivity index (χ0n) is 7.95. The Morgan fingerprint density at radius 2 is 2.62 bits per heavy atom. The normalized spacial score (nSPS) is 22.1. The molecule has 0 saturated carbocycles. The number of rotatable bonds is 3. The van der Waals surface area contributed by atoms with E-state index in [4.69, 9.17) is 0 Å². The Kier molecular flexibility index (Phi) is 2.49. The van der Waals surface area contributed by atoms with E-state index in [1.54, 1.807) is 6.20 Å². The summed E-state index contributed by atoms with van der Waals surface area (Å²) in [5.74, 6) is 0.953. The number of imidazole rings is 1. The van der Waals surface area contributed by atoms with Gasteiger partial charge in [0, 0.05) is 32.0 Å². The first-order chi connectivity index (χ1) is 6.36. The third kappa shape index (κ3) is 2.01. The summed E-state index contributed by atoms with van der Waals surface area (Å²) in [6.07, 6.45) is 6.23. The number of hydrogen-bond acceptors (Lipinski definition) is 3. The van der Waals surface area contributed by atoms with Crippen molar-refractivity contribution in [3.8, 4) is 0 Å². The topological polar surface area (TPSA) is 44.0 Å². The van der Waals surface area contributed by atoms with Gasteiger partial charge in [0.25, 0.3) is 0 Å². The number of anilines is 1. The van der Waals surface area contributed by atoms with Crippen LogP contribution < -0.4 is 10.2 Å². The van der Waals surface area contributed by atoms with Crippen molar-refractivity contribution in [2.45, 2.75) is 18.9 Å². The lowest BCUT2D eigenvalue weighted by atomic mass is 10.2. The zero-order chi connectivity index (χ0) is 9.10. The molecule has 1 unspecified atom stereocenters. The summed E-state index contributed by atoms with van der Waals surface area (Å²) in [4.78, 5) is 9.45. The van der Waals surface area contributed by atoms with Crippen molar-refractivity contribution in [3.63, 3.8) is 0 Å². The Balaban J connectivity index is 1.87. The largest absolute Gasteiger partial charge is 0.344 e. The number of nitrogens with zero attached hydrogens (tertiary/aromatic N) is 2.